The van der Waals surface area contributed by atoms with Gasteiger partial charge in [0.25, 0.3) is 0 Å². The van der Waals surface area contributed by atoms with Crippen LogP contribution in [0.1, 0.15) is 37.0 Å². The number of carbonyl (C=O) groups excluding carboxylic acids is 3. The molecule has 0 amide bonds. The summed E-state index contributed by atoms with van der Waals surface area (Å²) in [6.07, 6.45) is -1.69. The molecular formula is C21H24O8. The van der Waals surface area contributed by atoms with Crippen molar-refractivity contribution >= 4 is 17.9 Å². The van der Waals surface area contributed by atoms with Crippen molar-refractivity contribution in [2.24, 2.45) is 0 Å². The van der Waals surface area contributed by atoms with Gasteiger partial charge in [0, 0.05) is 6.42 Å². The predicted octanol–water partition coefficient (Wildman–Crippen LogP) is 1.56. The minimum atomic E-state index is -1.56. The van der Waals surface area contributed by atoms with E-state index >= 15 is 0 Å². The maximum Gasteiger partial charge on any atom is 0.339 e. The lowest BCUT2D eigenvalue weighted by atomic mass is 9.93. The van der Waals surface area contributed by atoms with Gasteiger partial charge in [-0.25, -0.2) is 9.59 Å². The molecule has 4 atom stereocenters. The summed E-state index contributed by atoms with van der Waals surface area (Å²) in [5, 5.41) is 10.6. The van der Waals surface area contributed by atoms with Crippen molar-refractivity contribution in [2.75, 3.05) is 13.2 Å². The molecule has 0 radical (unpaired) electrons. The molecule has 1 aliphatic heterocycles. The third-order valence-electron chi connectivity index (χ3n) is 4.87. The van der Waals surface area contributed by atoms with E-state index in [0.29, 0.717) is 11.1 Å². The highest BCUT2D eigenvalue weighted by Crippen LogP contribution is 2.44. The van der Waals surface area contributed by atoms with E-state index in [4.69, 9.17) is 18.9 Å². The molecule has 8 nitrogen and oxygen atoms in total. The van der Waals surface area contributed by atoms with Gasteiger partial charge in [-0.1, -0.05) is 18.2 Å². The van der Waals surface area contributed by atoms with Gasteiger partial charge in [-0.05, 0) is 37.6 Å². The van der Waals surface area contributed by atoms with Gasteiger partial charge >= 0.3 is 17.9 Å². The number of fused-ring (bicyclic) bond motifs is 1. The van der Waals surface area contributed by atoms with E-state index in [1.54, 1.807) is 50.3 Å². The number of aliphatic hydroxyl groups excluding tert-OH is 1. The summed E-state index contributed by atoms with van der Waals surface area (Å²) >= 11 is 0. The molecule has 8 heteroatoms. The van der Waals surface area contributed by atoms with Crippen molar-refractivity contribution < 1.29 is 38.4 Å². The number of ether oxygens (including phenoxy) is 4. The van der Waals surface area contributed by atoms with Crippen LogP contribution in [-0.4, -0.2) is 60.1 Å². The highest BCUT2D eigenvalue weighted by molar-refractivity contribution is 5.90. The Morgan fingerprint density at radius 2 is 1.83 bits per heavy atom. The molecule has 0 spiro atoms. The van der Waals surface area contributed by atoms with E-state index in [0.717, 1.165) is 0 Å². The van der Waals surface area contributed by atoms with Crippen molar-refractivity contribution in [2.45, 2.75) is 50.6 Å². The van der Waals surface area contributed by atoms with Gasteiger partial charge in [0.05, 0.1) is 25.2 Å². The second-order valence-corrected chi connectivity index (χ2v) is 6.88. The standard InChI is InChI=1S/C21H24O8/c1-3-26-16(22)12-21(20(25)27-4-2)11-14-10-15(17(23)18(14)29-21)28-19(24)13-8-6-5-7-9-13/h5-10,15,17-18,23H,3-4,11-12H2,1-2H3/t15-,17-,18+,21-/m0/s1. The molecule has 0 bridgehead atoms. The Balaban J connectivity index is 1.76. The van der Waals surface area contributed by atoms with Gasteiger partial charge in [-0.3, -0.25) is 4.79 Å². The number of hydrogen-bond donors (Lipinski definition) is 1. The molecule has 1 aliphatic carbocycles. The minimum Gasteiger partial charge on any atom is -0.466 e. The lowest BCUT2D eigenvalue weighted by molar-refractivity contribution is -0.182. The summed E-state index contributed by atoms with van der Waals surface area (Å²) in [6, 6.07) is 8.42. The normalized spacial score (nSPS) is 27.7. The summed E-state index contributed by atoms with van der Waals surface area (Å²) in [4.78, 5) is 36.8. The van der Waals surface area contributed by atoms with Gasteiger partial charge < -0.3 is 24.1 Å². The van der Waals surface area contributed by atoms with Crippen LogP contribution >= 0.6 is 0 Å². The highest BCUT2D eigenvalue weighted by atomic mass is 16.6. The SMILES string of the molecule is CCOC(=O)C[C@]1(C(=O)OCC)CC2=C[C@H](OC(=O)c3ccccc3)[C@H](O)[C@@H]2O1. The molecule has 29 heavy (non-hydrogen) atoms. The van der Waals surface area contributed by atoms with E-state index in [1.165, 1.54) is 0 Å². The van der Waals surface area contributed by atoms with E-state index in [-0.39, 0.29) is 26.1 Å². The maximum absolute atomic E-state index is 12.5. The van der Waals surface area contributed by atoms with Gasteiger partial charge in [-0.15, -0.1) is 0 Å². The van der Waals surface area contributed by atoms with Crippen LogP contribution in [0.25, 0.3) is 0 Å². The lowest BCUT2D eigenvalue weighted by Crippen LogP contribution is -2.45. The monoisotopic (exact) mass is 404 g/mol. The Bertz CT molecular complexity index is 802. The summed E-state index contributed by atoms with van der Waals surface area (Å²) in [6.45, 7) is 3.61. The molecule has 0 saturated carbocycles. The zero-order valence-corrected chi connectivity index (χ0v) is 16.3. The summed E-state index contributed by atoms with van der Waals surface area (Å²) < 4.78 is 21.3. The molecule has 1 N–H and O–H groups in total. The van der Waals surface area contributed by atoms with Crippen molar-refractivity contribution in [3.05, 3.63) is 47.5 Å². The fourth-order valence-corrected chi connectivity index (χ4v) is 3.59. The van der Waals surface area contributed by atoms with Crippen molar-refractivity contribution in [3.8, 4) is 0 Å². The minimum absolute atomic E-state index is 0.0474. The largest absolute Gasteiger partial charge is 0.466 e. The van der Waals surface area contributed by atoms with Gasteiger partial charge in [0.15, 0.2) is 5.60 Å². The molecule has 3 rings (SSSR count). The van der Waals surface area contributed by atoms with Crippen molar-refractivity contribution in [3.63, 3.8) is 0 Å². The number of aliphatic hydroxyl groups is 1. The second kappa shape index (κ2) is 8.75. The van der Waals surface area contributed by atoms with E-state index in [9.17, 15) is 19.5 Å². The van der Waals surface area contributed by atoms with Crippen LogP contribution in [0.2, 0.25) is 0 Å². The number of benzene rings is 1. The fraction of sp³-hybridized carbons (Fsp3) is 0.476. The highest BCUT2D eigenvalue weighted by Gasteiger charge is 2.57. The molecule has 1 aromatic carbocycles. The summed E-state index contributed by atoms with van der Waals surface area (Å²) in [5.41, 5.74) is -0.617. The summed E-state index contributed by atoms with van der Waals surface area (Å²) in [5.74, 6) is -1.86. The van der Waals surface area contributed by atoms with E-state index in [2.05, 4.69) is 0 Å². The molecular weight excluding hydrogens is 380 g/mol. The van der Waals surface area contributed by atoms with Crippen molar-refractivity contribution in [1.82, 2.24) is 0 Å². The average Bonchev–Trinajstić information content (AvgIpc) is 3.19. The van der Waals surface area contributed by atoms with Crippen LogP contribution in [0.3, 0.4) is 0 Å². The predicted molar refractivity (Wildman–Crippen MR) is 99.8 cm³/mol. The number of carbonyl (C=O) groups is 3. The third kappa shape index (κ3) is 4.33. The third-order valence-corrected chi connectivity index (χ3v) is 4.87. The molecule has 1 fully saturated rings. The molecule has 0 aromatic heterocycles. The smallest absolute Gasteiger partial charge is 0.339 e. The Hall–Kier alpha value is -2.71. The average molecular weight is 404 g/mol. The zero-order valence-electron chi connectivity index (χ0n) is 16.3. The number of hydrogen-bond acceptors (Lipinski definition) is 8. The van der Waals surface area contributed by atoms with Crippen LogP contribution in [0, 0.1) is 0 Å². The first-order valence-electron chi connectivity index (χ1n) is 9.55. The molecule has 0 unspecified atom stereocenters. The molecule has 1 aromatic rings. The molecule has 156 valence electrons. The number of rotatable bonds is 7. The fourth-order valence-electron chi connectivity index (χ4n) is 3.59. The lowest BCUT2D eigenvalue weighted by Gasteiger charge is -2.28. The first-order valence-corrected chi connectivity index (χ1v) is 9.55. The number of esters is 3. The quantitative estimate of drug-likeness (QED) is 0.414. The Kier molecular flexibility index (Phi) is 6.34. The molecule has 2 aliphatic rings. The first-order chi connectivity index (χ1) is 13.9. The zero-order chi connectivity index (χ0) is 21.0. The van der Waals surface area contributed by atoms with Crippen LogP contribution in [0.5, 0.6) is 0 Å². The van der Waals surface area contributed by atoms with Crippen LogP contribution in [0.4, 0.5) is 0 Å². The topological polar surface area (TPSA) is 108 Å². The maximum atomic E-state index is 12.5. The Morgan fingerprint density at radius 1 is 1.14 bits per heavy atom. The van der Waals surface area contributed by atoms with E-state index in [1.807, 2.05) is 0 Å². The Morgan fingerprint density at radius 3 is 2.45 bits per heavy atom. The van der Waals surface area contributed by atoms with Crippen LogP contribution < -0.4 is 0 Å². The van der Waals surface area contributed by atoms with Crippen LogP contribution in [0.15, 0.2) is 42.0 Å². The molecule has 1 saturated heterocycles. The van der Waals surface area contributed by atoms with E-state index < -0.39 is 41.8 Å². The van der Waals surface area contributed by atoms with Crippen molar-refractivity contribution in [1.29, 1.82) is 0 Å². The van der Waals surface area contributed by atoms with Crippen LogP contribution in [-0.2, 0) is 28.5 Å². The second-order valence-electron chi connectivity index (χ2n) is 6.88. The van der Waals surface area contributed by atoms with Gasteiger partial charge in [0.1, 0.15) is 18.3 Å². The Labute approximate surface area is 168 Å². The van der Waals surface area contributed by atoms with Gasteiger partial charge in [-0.2, -0.15) is 0 Å². The summed E-state index contributed by atoms with van der Waals surface area (Å²) in [7, 11) is 0. The van der Waals surface area contributed by atoms with Gasteiger partial charge in [0.2, 0.25) is 0 Å². The molecule has 1 heterocycles. The first kappa shape index (κ1) is 21.0.